The smallest absolute Gasteiger partial charge is 0.323 e. The molecule has 1 saturated carbocycles. The van der Waals surface area contributed by atoms with E-state index in [1.54, 1.807) is 0 Å². The maximum atomic E-state index is 12.4. The van der Waals surface area contributed by atoms with Gasteiger partial charge in [0.2, 0.25) is 0 Å². The molecule has 1 heterocycles. The second kappa shape index (κ2) is 4.31. The van der Waals surface area contributed by atoms with Crippen LogP contribution in [-0.2, 0) is 4.79 Å². The molecule has 1 aliphatic heterocycles. The Bertz CT molecular complexity index is 330. The lowest BCUT2D eigenvalue weighted by atomic mass is 9.75. The number of amides is 3. The zero-order valence-corrected chi connectivity index (χ0v) is 11.0. The van der Waals surface area contributed by atoms with Crippen LogP contribution in [0, 0.1) is 5.92 Å². The predicted octanol–water partition coefficient (Wildman–Crippen LogP) is 2.29. The van der Waals surface area contributed by atoms with E-state index in [4.69, 9.17) is 0 Å². The highest BCUT2D eigenvalue weighted by Gasteiger charge is 2.52. The van der Waals surface area contributed by atoms with Crippen molar-refractivity contribution in [2.24, 2.45) is 5.92 Å². The summed E-state index contributed by atoms with van der Waals surface area (Å²) in [5.41, 5.74) is -0.576. The molecule has 0 atom stereocenters. The van der Waals surface area contributed by atoms with Crippen molar-refractivity contribution in [2.75, 3.05) is 0 Å². The summed E-state index contributed by atoms with van der Waals surface area (Å²) < 4.78 is 0. The lowest BCUT2D eigenvalue weighted by Gasteiger charge is -2.34. The van der Waals surface area contributed by atoms with E-state index < -0.39 is 5.54 Å². The molecular formula is C13H22N2O2. The molecule has 1 saturated heterocycles. The third-order valence-electron chi connectivity index (χ3n) is 4.25. The van der Waals surface area contributed by atoms with Gasteiger partial charge in [0.1, 0.15) is 5.54 Å². The average Bonchev–Trinajstić information content (AvgIpc) is 2.52. The maximum absolute atomic E-state index is 12.4. The van der Waals surface area contributed by atoms with Gasteiger partial charge in [0.15, 0.2) is 0 Å². The highest BCUT2D eigenvalue weighted by Crippen LogP contribution is 2.37. The normalized spacial score (nSPS) is 33.6. The fraction of sp³-hybridized carbons (Fsp3) is 0.846. The number of hydrogen-bond acceptors (Lipinski definition) is 2. The number of carbonyl (C=O) groups excluding carboxylic acids is 2. The summed E-state index contributed by atoms with van der Waals surface area (Å²) in [6.45, 7) is 5.96. The molecule has 4 nitrogen and oxygen atoms in total. The molecule has 96 valence electrons. The van der Waals surface area contributed by atoms with E-state index in [9.17, 15) is 9.59 Å². The Labute approximate surface area is 103 Å². The maximum Gasteiger partial charge on any atom is 0.325 e. The molecule has 0 aromatic heterocycles. The zero-order chi connectivity index (χ0) is 12.6. The fourth-order valence-electron chi connectivity index (χ4n) is 3.03. The molecule has 2 rings (SSSR count). The van der Waals surface area contributed by atoms with Crippen LogP contribution in [0.2, 0.25) is 0 Å². The summed E-state index contributed by atoms with van der Waals surface area (Å²) in [4.78, 5) is 25.6. The molecule has 0 aromatic rings. The molecule has 2 aliphatic rings. The van der Waals surface area contributed by atoms with Gasteiger partial charge in [-0.15, -0.1) is 0 Å². The third kappa shape index (κ3) is 1.94. The Morgan fingerprint density at radius 2 is 1.94 bits per heavy atom. The Balaban J connectivity index is 2.13. The van der Waals surface area contributed by atoms with Crippen LogP contribution in [0.1, 0.15) is 52.9 Å². The van der Waals surface area contributed by atoms with Gasteiger partial charge in [-0.25, -0.2) is 4.79 Å². The molecule has 3 amide bonds. The number of rotatable bonds is 2. The Morgan fingerprint density at radius 3 is 2.35 bits per heavy atom. The minimum absolute atomic E-state index is 0.00736. The van der Waals surface area contributed by atoms with Gasteiger partial charge in [-0.2, -0.15) is 0 Å². The lowest BCUT2D eigenvalue weighted by molar-refractivity contribution is -0.133. The highest BCUT2D eigenvalue weighted by atomic mass is 16.2. The first-order valence-electron chi connectivity index (χ1n) is 6.66. The van der Waals surface area contributed by atoms with Gasteiger partial charge in [0.05, 0.1) is 0 Å². The molecule has 17 heavy (non-hydrogen) atoms. The molecule has 0 bridgehead atoms. The van der Waals surface area contributed by atoms with Crippen LogP contribution in [0.25, 0.3) is 0 Å². The molecule has 1 N–H and O–H groups in total. The van der Waals surface area contributed by atoms with Crippen LogP contribution >= 0.6 is 0 Å². The van der Waals surface area contributed by atoms with Crippen molar-refractivity contribution in [3.05, 3.63) is 0 Å². The summed E-state index contributed by atoms with van der Waals surface area (Å²) in [6, 6.07) is -0.259. The van der Waals surface area contributed by atoms with Crippen molar-refractivity contribution >= 4 is 11.9 Å². The Kier molecular flexibility index (Phi) is 3.15. The van der Waals surface area contributed by atoms with Crippen molar-refractivity contribution in [1.29, 1.82) is 0 Å². The first-order chi connectivity index (χ1) is 8.00. The second-order valence-electron chi connectivity index (χ2n) is 5.63. The van der Waals surface area contributed by atoms with Crippen LogP contribution in [-0.4, -0.2) is 28.4 Å². The van der Waals surface area contributed by atoms with Crippen molar-refractivity contribution in [3.8, 4) is 0 Å². The molecule has 2 fully saturated rings. The van der Waals surface area contributed by atoms with Gasteiger partial charge < -0.3 is 5.32 Å². The third-order valence-corrected chi connectivity index (χ3v) is 4.25. The first-order valence-corrected chi connectivity index (χ1v) is 6.66. The van der Waals surface area contributed by atoms with Crippen molar-refractivity contribution in [2.45, 2.75) is 64.5 Å². The molecule has 4 heteroatoms. The minimum Gasteiger partial charge on any atom is -0.323 e. The standard InChI is InChI=1S/C13H22N2O2/c1-4-10-5-7-13(8-6-10)11(16)15(9(2)3)12(17)14-13/h9-10H,4-8H2,1-3H3,(H,14,17). The topological polar surface area (TPSA) is 49.4 Å². The fourth-order valence-corrected chi connectivity index (χ4v) is 3.03. The zero-order valence-electron chi connectivity index (χ0n) is 11.0. The van der Waals surface area contributed by atoms with Crippen molar-refractivity contribution < 1.29 is 9.59 Å². The first kappa shape index (κ1) is 12.4. The van der Waals surface area contributed by atoms with E-state index in [0.717, 1.165) is 31.6 Å². The summed E-state index contributed by atoms with van der Waals surface area (Å²) in [7, 11) is 0. The molecule has 0 radical (unpaired) electrons. The summed E-state index contributed by atoms with van der Waals surface area (Å²) in [5.74, 6) is 0.713. The summed E-state index contributed by atoms with van der Waals surface area (Å²) in [6.07, 6.45) is 4.88. The van der Waals surface area contributed by atoms with Crippen LogP contribution in [0.15, 0.2) is 0 Å². The van der Waals surface area contributed by atoms with Crippen LogP contribution < -0.4 is 5.32 Å². The van der Waals surface area contributed by atoms with Crippen LogP contribution in [0.4, 0.5) is 4.79 Å². The number of nitrogens with one attached hydrogen (secondary N) is 1. The van der Waals surface area contributed by atoms with Gasteiger partial charge in [-0.1, -0.05) is 13.3 Å². The number of carbonyl (C=O) groups is 2. The molecule has 1 aliphatic carbocycles. The minimum atomic E-state index is -0.576. The quantitative estimate of drug-likeness (QED) is 0.750. The van der Waals surface area contributed by atoms with Crippen molar-refractivity contribution in [3.63, 3.8) is 0 Å². The average molecular weight is 238 g/mol. The number of urea groups is 1. The van der Waals surface area contributed by atoms with E-state index in [1.807, 2.05) is 13.8 Å². The lowest BCUT2D eigenvalue weighted by Crippen LogP contribution is -2.50. The SMILES string of the molecule is CCC1CCC2(CC1)NC(=O)N(C(C)C)C2=O. The largest absolute Gasteiger partial charge is 0.325 e. The molecular weight excluding hydrogens is 216 g/mol. The number of nitrogens with zero attached hydrogens (tertiary/aromatic N) is 1. The second-order valence-corrected chi connectivity index (χ2v) is 5.63. The van der Waals surface area contributed by atoms with Crippen LogP contribution in [0.5, 0.6) is 0 Å². The highest BCUT2D eigenvalue weighted by molar-refractivity contribution is 6.07. The molecule has 1 spiro atoms. The van der Waals surface area contributed by atoms with Crippen LogP contribution in [0.3, 0.4) is 0 Å². The number of hydrogen-bond donors (Lipinski definition) is 1. The van der Waals surface area contributed by atoms with Gasteiger partial charge in [0.25, 0.3) is 5.91 Å². The van der Waals surface area contributed by atoms with Gasteiger partial charge in [-0.05, 0) is 45.4 Å². The molecule has 0 aromatic carbocycles. The summed E-state index contributed by atoms with van der Waals surface area (Å²) >= 11 is 0. The molecule has 0 unspecified atom stereocenters. The van der Waals surface area contributed by atoms with E-state index in [-0.39, 0.29) is 18.0 Å². The van der Waals surface area contributed by atoms with E-state index in [2.05, 4.69) is 12.2 Å². The predicted molar refractivity (Wildman–Crippen MR) is 65.5 cm³/mol. The number of imide groups is 1. The van der Waals surface area contributed by atoms with E-state index in [1.165, 1.54) is 11.3 Å². The Hall–Kier alpha value is -1.06. The van der Waals surface area contributed by atoms with Gasteiger partial charge in [0, 0.05) is 6.04 Å². The van der Waals surface area contributed by atoms with E-state index in [0.29, 0.717) is 0 Å². The van der Waals surface area contributed by atoms with Crippen molar-refractivity contribution in [1.82, 2.24) is 10.2 Å². The monoisotopic (exact) mass is 238 g/mol. The van der Waals surface area contributed by atoms with E-state index >= 15 is 0 Å². The van der Waals surface area contributed by atoms with Gasteiger partial charge >= 0.3 is 6.03 Å². The van der Waals surface area contributed by atoms with Gasteiger partial charge in [-0.3, -0.25) is 9.69 Å². The Morgan fingerprint density at radius 1 is 1.35 bits per heavy atom. The summed E-state index contributed by atoms with van der Waals surface area (Å²) in [5, 5.41) is 2.93.